The number of pyridine rings is 1. The number of rotatable bonds is 4. The van der Waals surface area contributed by atoms with Crippen molar-refractivity contribution in [2.75, 3.05) is 25.6 Å². The van der Waals surface area contributed by atoms with Crippen molar-refractivity contribution in [2.45, 2.75) is 12.8 Å². The highest BCUT2D eigenvalue weighted by Gasteiger charge is 2.16. The molecule has 0 spiro atoms. The summed E-state index contributed by atoms with van der Waals surface area (Å²) in [5.41, 5.74) is 5.28. The van der Waals surface area contributed by atoms with Crippen molar-refractivity contribution >= 4 is 11.5 Å². The lowest BCUT2D eigenvalue weighted by Gasteiger charge is -2.21. The summed E-state index contributed by atoms with van der Waals surface area (Å²) in [6.45, 7) is 2.04. The zero-order valence-electron chi connectivity index (χ0n) is 9.87. The van der Waals surface area contributed by atoms with Gasteiger partial charge in [0.05, 0.1) is 11.5 Å². The van der Waals surface area contributed by atoms with E-state index in [1.807, 2.05) is 0 Å². The number of hydrogen-bond acceptors (Lipinski definition) is 6. The first-order valence-corrected chi connectivity index (χ1v) is 5.78. The maximum absolute atomic E-state index is 10.6. The lowest BCUT2D eigenvalue weighted by atomic mass is 10.0. The Bertz CT molecular complexity index is 432. The van der Waals surface area contributed by atoms with Gasteiger partial charge in [-0.05, 0) is 18.8 Å². The van der Waals surface area contributed by atoms with E-state index < -0.39 is 4.92 Å². The van der Waals surface area contributed by atoms with Crippen molar-refractivity contribution in [3.63, 3.8) is 0 Å². The maximum atomic E-state index is 10.6. The molecule has 0 aliphatic carbocycles. The van der Waals surface area contributed by atoms with E-state index in [9.17, 15) is 10.1 Å². The van der Waals surface area contributed by atoms with Gasteiger partial charge in [-0.1, -0.05) is 0 Å². The lowest BCUT2D eigenvalue weighted by molar-refractivity contribution is -0.384. The zero-order chi connectivity index (χ0) is 13.0. The summed E-state index contributed by atoms with van der Waals surface area (Å²) in [4.78, 5) is 13.9. The van der Waals surface area contributed by atoms with E-state index in [2.05, 4.69) is 4.98 Å². The SMILES string of the molecule is Nc1nc(OCC2CCOCC2)ccc1[N+](=O)[O-]. The summed E-state index contributed by atoms with van der Waals surface area (Å²) in [6, 6.07) is 2.77. The second-order valence-corrected chi connectivity index (χ2v) is 4.18. The number of nitrogen functional groups attached to an aromatic ring is 1. The highest BCUT2D eigenvalue weighted by molar-refractivity contribution is 5.53. The first kappa shape index (κ1) is 12.6. The van der Waals surface area contributed by atoms with Crippen molar-refractivity contribution in [3.05, 3.63) is 22.2 Å². The van der Waals surface area contributed by atoms with E-state index >= 15 is 0 Å². The Balaban J connectivity index is 1.93. The molecule has 1 aliphatic rings. The summed E-state index contributed by atoms with van der Waals surface area (Å²) in [7, 11) is 0. The lowest BCUT2D eigenvalue weighted by Crippen LogP contribution is -2.21. The van der Waals surface area contributed by atoms with Gasteiger partial charge < -0.3 is 15.2 Å². The molecule has 1 aliphatic heterocycles. The van der Waals surface area contributed by atoms with Gasteiger partial charge in [0.25, 0.3) is 0 Å². The fraction of sp³-hybridized carbons (Fsp3) is 0.545. The summed E-state index contributed by atoms with van der Waals surface area (Å²) >= 11 is 0. The van der Waals surface area contributed by atoms with Crippen LogP contribution in [0.1, 0.15) is 12.8 Å². The standard InChI is InChI=1S/C11H15N3O4/c12-11-9(14(15)16)1-2-10(13-11)18-7-8-3-5-17-6-4-8/h1-2,8H,3-7H2,(H2,12,13). The van der Waals surface area contributed by atoms with Crippen molar-refractivity contribution < 1.29 is 14.4 Å². The molecule has 2 rings (SSSR count). The van der Waals surface area contributed by atoms with Crippen LogP contribution in [0.15, 0.2) is 12.1 Å². The van der Waals surface area contributed by atoms with Gasteiger partial charge in [-0.3, -0.25) is 10.1 Å². The van der Waals surface area contributed by atoms with Crippen molar-refractivity contribution in [2.24, 2.45) is 5.92 Å². The molecule has 0 atom stereocenters. The van der Waals surface area contributed by atoms with Crippen LogP contribution in [0.5, 0.6) is 5.88 Å². The Labute approximate surface area is 104 Å². The highest BCUT2D eigenvalue weighted by Crippen LogP contribution is 2.23. The molecule has 0 saturated carbocycles. The third-order valence-electron chi connectivity index (χ3n) is 2.88. The molecule has 7 nitrogen and oxygen atoms in total. The third-order valence-corrected chi connectivity index (χ3v) is 2.88. The largest absolute Gasteiger partial charge is 0.477 e. The van der Waals surface area contributed by atoms with Gasteiger partial charge in [0.2, 0.25) is 11.7 Å². The van der Waals surface area contributed by atoms with Crippen LogP contribution < -0.4 is 10.5 Å². The van der Waals surface area contributed by atoms with Gasteiger partial charge in [-0.2, -0.15) is 4.98 Å². The average molecular weight is 253 g/mol. The maximum Gasteiger partial charge on any atom is 0.311 e. The number of nitrogens with zero attached hydrogens (tertiary/aromatic N) is 2. The van der Waals surface area contributed by atoms with Crippen LogP contribution >= 0.6 is 0 Å². The number of anilines is 1. The summed E-state index contributed by atoms with van der Waals surface area (Å²) in [5, 5.41) is 10.6. The van der Waals surface area contributed by atoms with Crippen molar-refractivity contribution in [3.8, 4) is 5.88 Å². The molecule has 7 heteroatoms. The first-order valence-electron chi connectivity index (χ1n) is 5.78. The molecule has 0 bridgehead atoms. The number of nitrogens with two attached hydrogens (primary N) is 1. The number of hydrogen-bond donors (Lipinski definition) is 1. The smallest absolute Gasteiger partial charge is 0.311 e. The summed E-state index contributed by atoms with van der Waals surface area (Å²) < 4.78 is 10.7. The fourth-order valence-electron chi connectivity index (χ4n) is 1.80. The van der Waals surface area contributed by atoms with Crippen molar-refractivity contribution in [1.29, 1.82) is 0 Å². The predicted molar refractivity (Wildman–Crippen MR) is 64.3 cm³/mol. The van der Waals surface area contributed by atoms with Gasteiger partial charge in [-0.25, -0.2) is 0 Å². The van der Waals surface area contributed by atoms with E-state index in [1.165, 1.54) is 12.1 Å². The Morgan fingerprint density at radius 1 is 1.50 bits per heavy atom. The molecule has 2 heterocycles. The van der Waals surface area contributed by atoms with Crippen LogP contribution in [0.2, 0.25) is 0 Å². The van der Waals surface area contributed by atoms with Crippen molar-refractivity contribution in [1.82, 2.24) is 4.98 Å². The molecule has 98 valence electrons. The second-order valence-electron chi connectivity index (χ2n) is 4.18. The molecule has 1 fully saturated rings. The van der Waals surface area contributed by atoms with Crippen LogP contribution in [0.25, 0.3) is 0 Å². The Morgan fingerprint density at radius 2 is 2.22 bits per heavy atom. The highest BCUT2D eigenvalue weighted by atomic mass is 16.6. The molecule has 0 aromatic carbocycles. The monoisotopic (exact) mass is 253 g/mol. The molecule has 2 N–H and O–H groups in total. The van der Waals surface area contributed by atoms with E-state index in [1.54, 1.807) is 0 Å². The summed E-state index contributed by atoms with van der Waals surface area (Å²) in [5.74, 6) is 0.644. The van der Waals surface area contributed by atoms with Gasteiger partial charge in [0.15, 0.2) is 0 Å². The molecule has 0 unspecified atom stereocenters. The first-order chi connectivity index (χ1) is 8.66. The molecular weight excluding hydrogens is 238 g/mol. The van der Waals surface area contributed by atoms with Crippen LogP contribution in [-0.2, 0) is 4.74 Å². The van der Waals surface area contributed by atoms with Gasteiger partial charge in [0, 0.05) is 25.3 Å². The molecule has 1 aromatic heterocycles. The average Bonchev–Trinajstić information content (AvgIpc) is 2.37. The van der Waals surface area contributed by atoms with E-state index in [4.69, 9.17) is 15.2 Å². The van der Waals surface area contributed by atoms with Crippen LogP contribution in [0.3, 0.4) is 0 Å². The topological polar surface area (TPSA) is 101 Å². The summed E-state index contributed by atoms with van der Waals surface area (Å²) in [6.07, 6.45) is 1.92. The molecule has 18 heavy (non-hydrogen) atoms. The quantitative estimate of drug-likeness (QED) is 0.642. The predicted octanol–water partition coefficient (Wildman–Crippen LogP) is 1.38. The molecule has 0 amide bonds. The zero-order valence-corrected chi connectivity index (χ0v) is 9.87. The Morgan fingerprint density at radius 3 is 2.83 bits per heavy atom. The van der Waals surface area contributed by atoms with Crippen LogP contribution in [-0.4, -0.2) is 29.7 Å². The van der Waals surface area contributed by atoms with E-state index in [-0.39, 0.29) is 11.5 Å². The fourth-order valence-corrected chi connectivity index (χ4v) is 1.80. The van der Waals surface area contributed by atoms with Gasteiger partial charge >= 0.3 is 5.69 Å². The van der Waals surface area contributed by atoms with E-state index in [0.717, 1.165) is 26.1 Å². The normalized spacial score (nSPS) is 16.4. The van der Waals surface area contributed by atoms with Gasteiger partial charge in [0.1, 0.15) is 0 Å². The second kappa shape index (κ2) is 5.63. The van der Waals surface area contributed by atoms with E-state index in [0.29, 0.717) is 18.4 Å². The number of ether oxygens (including phenoxy) is 2. The van der Waals surface area contributed by atoms with Gasteiger partial charge in [-0.15, -0.1) is 0 Å². The number of nitro groups is 1. The van der Waals surface area contributed by atoms with Crippen LogP contribution in [0.4, 0.5) is 11.5 Å². The Hall–Kier alpha value is -1.89. The number of aromatic nitrogens is 1. The minimum Gasteiger partial charge on any atom is -0.477 e. The third kappa shape index (κ3) is 3.07. The molecular formula is C11H15N3O4. The Kier molecular flexibility index (Phi) is 3.93. The minimum absolute atomic E-state index is 0.121. The molecule has 1 saturated heterocycles. The van der Waals surface area contributed by atoms with Crippen LogP contribution in [0, 0.1) is 16.0 Å². The minimum atomic E-state index is -0.565. The molecule has 0 radical (unpaired) electrons. The molecule has 1 aromatic rings.